The van der Waals surface area contributed by atoms with Crippen LogP contribution in [0.3, 0.4) is 0 Å². The summed E-state index contributed by atoms with van der Waals surface area (Å²) in [5.74, 6) is 1.77. The summed E-state index contributed by atoms with van der Waals surface area (Å²) >= 11 is 0. The molecule has 0 spiro atoms. The molecule has 2 aliphatic rings. The maximum absolute atomic E-state index is 12.5. The number of piperidine rings is 1. The Hall–Kier alpha value is -1.46. The minimum absolute atomic E-state index is 0. The molecule has 146 valence electrons. The number of amides is 1. The van der Waals surface area contributed by atoms with Crippen LogP contribution in [-0.2, 0) is 11.3 Å². The molecule has 1 aliphatic heterocycles. The first kappa shape index (κ1) is 20.8. The standard InChI is InChI=1S/C20H30N2O3.ClH/c1-14-12-15(10-11-21-14)20(23)22-13-16-6-5-9-18(24-2)19(16)25-17-7-3-4-8-17;/h5-6,9,14-15,17,21H,3-4,7-8,10-13H2,1-2H3,(H,22,23);1H/t14-,15-;/m0./s1. The van der Waals surface area contributed by atoms with Crippen LogP contribution in [0, 0.1) is 5.92 Å². The van der Waals surface area contributed by atoms with Crippen LogP contribution in [0.4, 0.5) is 0 Å². The fourth-order valence-electron chi connectivity index (χ4n) is 3.86. The normalized spacial score (nSPS) is 23.2. The molecule has 2 atom stereocenters. The number of benzene rings is 1. The second kappa shape index (κ2) is 10.0. The Bertz CT molecular complexity index is 590. The van der Waals surface area contributed by atoms with Crippen molar-refractivity contribution in [1.29, 1.82) is 0 Å². The van der Waals surface area contributed by atoms with Gasteiger partial charge in [0.05, 0.1) is 13.2 Å². The van der Waals surface area contributed by atoms with Gasteiger partial charge in [0.2, 0.25) is 5.91 Å². The Kier molecular flexibility index (Phi) is 8.04. The third-order valence-corrected chi connectivity index (χ3v) is 5.31. The van der Waals surface area contributed by atoms with Gasteiger partial charge >= 0.3 is 0 Å². The molecule has 3 rings (SSSR count). The van der Waals surface area contributed by atoms with E-state index in [1.165, 1.54) is 12.8 Å². The first-order valence-corrected chi connectivity index (χ1v) is 9.51. The third-order valence-electron chi connectivity index (χ3n) is 5.31. The SMILES string of the molecule is COc1cccc(CNC(=O)[C@H]2CCN[C@@H](C)C2)c1OC1CCCC1.Cl. The molecule has 26 heavy (non-hydrogen) atoms. The van der Waals surface area contributed by atoms with E-state index in [1.54, 1.807) is 7.11 Å². The number of hydrogen-bond donors (Lipinski definition) is 2. The van der Waals surface area contributed by atoms with E-state index in [0.29, 0.717) is 12.6 Å². The molecule has 1 aliphatic carbocycles. The van der Waals surface area contributed by atoms with Crippen molar-refractivity contribution in [1.82, 2.24) is 10.6 Å². The number of nitrogens with one attached hydrogen (secondary N) is 2. The molecule has 0 radical (unpaired) electrons. The number of hydrogen-bond acceptors (Lipinski definition) is 4. The molecule has 0 aromatic heterocycles. The van der Waals surface area contributed by atoms with Crippen LogP contribution in [0.25, 0.3) is 0 Å². The van der Waals surface area contributed by atoms with Crippen LogP contribution in [0.15, 0.2) is 18.2 Å². The van der Waals surface area contributed by atoms with Gasteiger partial charge in [0.25, 0.3) is 0 Å². The van der Waals surface area contributed by atoms with Crippen LogP contribution >= 0.6 is 12.4 Å². The van der Waals surface area contributed by atoms with Gasteiger partial charge in [0.15, 0.2) is 11.5 Å². The van der Waals surface area contributed by atoms with Crippen molar-refractivity contribution in [2.45, 2.75) is 64.1 Å². The highest BCUT2D eigenvalue weighted by molar-refractivity contribution is 5.85. The highest BCUT2D eigenvalue weighted by Crippen LogP contribution is 2.34. The minimum Gasteiger partial charge on any atom is -0.493 e. The molecule has 1 aromatic carbocycles. The summed E-state index contributed by atoms with van der Waals surface area (Å²) in [5, 5.41) is 6.49. The van der Waals surface area contributed by atoms with E-state index < -0.39 is 0 Å². The number of halogens is 1. The molecule has 6 heteroatoms. The molecule has 2 fully saturated rings. The summed E-state index contributed by atoms with van der Waals surface area (Å²) in [5.41, 5.74) is 0.988. The van der Waals surface area contributed by atoms with Gasteiger partial charge in [-0.1, -0.05) is 12.1 Å². The maximum atomic E-state index is 12.5. The molecule has 1 saturated carbocycles. The number of ether oxygens (including phenoxy) is 2. The summed E-state index contributed by atoms with van der Waals surface area (Å²) in [7, 11) is 1.66. The van der Waals surface area contributed by atoms with E-state index in [2.05, 4.69) is 17.6 Å². The van der Waals surface area contributed by atoms with Crippen molar-refractivity contribution < 1.29 is 14.3 Å². The van der Waals surface area contributed by atoms with Gasteiger partial charge in [-0.2, -0.15) is 0 Å². The largest absolute Gasteiger partial charge is 0.493 e. The maximum Gasteiger partial charge on any atom is 0.223 e. The van der Waals surface area contributed by atoms with Crippen LogP contribution in [-0.4, -0.2) is 31.7 Å². The molecule has 1 saturated heterocycles. The first-order valence-electron chi connectivity index (χ1n) is 9.51. The second-order valence-corrected chi connectivity index (χ2v) is 7.27. The number of carbonyl (C=O) groups is 1. The van der Waals surface area contributed by atoms with E-state index in [-0.39, 0.29) is 30.3 Å². The topological polar surface area (TPSA) is 59.6 Å². The summed E-state index contributed by atoms with van der Waals surface area (Å²) in [4.78, 5) is 12.5. The summed E-state index contributed by atoms with van der Waals surface area (Å²) in [6, 6.07) is 6.29. The van der Waals surface area contributed by atoms with Crippen LogP contribution in [0.2, 0.25) is 0 Å². The van der Waals surface area contributed by atoms with E-state index in [1.807, 2.05) is 18.2 Å². The van der Waals surface area contributed by atoms with Gasteiger partial charge in [-0.3, -0.25) is 4.79 Å². The fraction of sp³-hybridized carbons (Fsp3) is 0.650. The summed E-state index contributed by atoms with van der Waals surface area (Å²) < 4.78 is 11.7. The zero-order valence-electron chi connectivity index (χ0n) is 15.8. The quantitative estimate of drug-likeness (QED) is 0.791. The van der Waals surface area contributed by atoms with Crippen molar-refractivity contribution in [3.63, 3.8) is 0 Å². The van der Waals surface area contributed by atoms with Crippen molar-refractivity contribution in [3.05, 3.63) is 23.8 Å². The van der Waals surface area contributed by atoms with Crippen molar-refractivity contribution in [2.24, 2.45) is 5.92 Å². The van der Waals surface area contributed by atoms with Crippen molar-refractivity contribution in [3.8, 4) is 11.5 Å². The monoisotopic (exact) mass is 382 g/mol. The van der Waals surface area contributed by atoms with Crippen LogP contribution in [0.5, 0.6) is 11.5 Å². The van der Waals surface area contributed by atoms with E-state index in [0.717, 1.165) is 49.3 Å². The van der Waals surface area contributed by atoms with Gasteiger partial charge in [-0.15, -0.1) is 12.4 Å². The molecule has 1 heterocycles. The lowest BCUT2D eigenvalue weighted by Gasteiger charge is -2.27. The highest BCUT2D eigenvalue weighted by atomic mass is 35.5. The molecular formula is C20H31ClN2O3. The van der Waals surface area contributed by atoms with Gasteiger partial charge in [-0.05, 0) is 58.1 Å². The third kappa shape index (κ3) is 5.27. The predicted octanol–water partition coefficient (Wildman–Crippen LogP) is 3.44. The molecule has 0 unspecified atom stereocenters. The van der Waals surface area contributed by atoms with Crippen molar-refractivity contribution >= 4 is 18.3 Å². The van der Waals surface area contributed by atoms with Gasteiger partial charge in [0.1, 0.15) is 0 Å². The van der Waals surface area contributed by atoms with Crippen LogP contribution < -0.4 is 20.1 Å². The highest BCUT2D eigenvalue weighted by Gasteiger charge is 2.25. The molecule has 0 bridgehead atoms. The Labute approximate surface area is 162 Å². The van der Waals surface area contributed by atoms with E-state index >= 15 is 0 Å². The number of para-hydroxylation sites is 1. The fourth-order valence-corrected chi connectivity index (χ4v) is 3.86. The molecule has 1 amide bonds. The van der Waals surface area contributed by atoms with Gasteiger partial charge in [-0.25, -0.2) is 0 Å². The Balaban J connectivity index is 0.00000243. The predicted molar refractivity (Wildman–Crippen MR) is 105 cm³/mol. The first-order chi connectivity index (χ1) is 12.2. The van der Waals surface area contributed by atoms with Crippen LogP contribution in [0.1, 0.15) is 51.0 Å². The number of methoxy groups -OCH3 is 1. The number of rotatable bonds is 6. The number of carbonyl (C=O) groups excluding carboxylic acids is 1. The molecule has 1 aromatic rings. The lowest BCUT2D eigenvalue weighted by atomic mass is 9.92. The van der Waals surface area contributed by atoms with Gasteiger partial charge in [0, 0.05) is 24.1 Å². The summed E-state index contributed by atoms with van der Waals surface area (Å²) in [6.07, 6.45) is 6.69. The Morgan fingerprint density at radius 2 is 2.04 bits per heavy atom. The Morgan fingerprint density at radius 1 is 1.27 bits per heavy atom. The zero-order valence-corrected chi connectivity index (χ0v) is 16.6. The van der Waals surface area contributed by atoms with Crippen molar-refractivity contribution in [2.75, 3.05) is 13.7 Å². The average Bonchev–Trinajstić information content (AvgIpc) is 3.13. The average molecular weight is 383 g/mol. The molecule has 5 nitrogen and oxygen atoms in total. The van der Waals surface area contributed by atoms with E-state index in [9.17, 15) is 4.79 Å². The summed E-state index contributed by atoms with van der Waals surface area (Å²) in [6.45, 7) is 3.53. The van der Waals surface area contributed by atoms with Gasteiger partial charge < -0.3 is 20.1 Å². The minimum atomic E-state index is 0. The smallest absolute Gasteiger partial charge is 0.223 e. The Morgan fingerprint density at radius 3 is 2.73 bits per heavy atom. The zero-order chi connectivity index (χ0) is 17.6. The second-order valence-electron chi connectivity index (χ2n) is 7.27. The molecule has 2 N–H and O–H groups in total. The lowest BCUT2D eigenvalue weighted by molar-refractivity contribution is -0.126. The van der Waals surface area contributed by atoms with E-state index in [4.69, 9.17) is 9.47 Å². The lowest BCUT2D eigenvalue weighted by Crippen LogP contribution is -2.42. The molecular weight excluding hydrogens is 352 g/mol.